The van der Waals surface area contributed by atoms with Crippen LogP contribution in [0.5, 0.6) is 0 Å². The van der Waals surface area contributed by atoms with Gasteiger partial charge in [-0.25, -0.2) is 0 Å². The number of aliphatic hydroxyl groups is 1. The van der Waals surface area contributed by atoms with Crippen molar-refractivity contribution in [2.75, 3.05) is 11.5 Å². The van der Waals surface area contributed by atoms with Crippen LogP contribution in [0, 0.1) is 5.92 Å². The molecule has 1 atom stereocenters. The molecule has 0 aromatic rings. The van der Waals surface area contributed by atoms with E-state index in [1.54, 1.807) is 0 Å². The summed E-state index contributed by atoms with van der Waals surface area (Å²) in [5, 5.41) is 8.70. The van der Waals surface area contributed by atoms with E-state index in [4.69, 9.17) is 10.8 Å². The molecule has 0 radical (unpaired) electrons. The molecule has 3 N–H and O–H groups in total. The van der Waals surface area contributed by atoms with E-state index in [1.807, 2.05) is 11.8 Å². The average Bonchev–Trinajstić information content (AvgIpc) is 2.62. The predicted octanol–water partition coefficient (Wildman–Crippen LogP) is 0.797. The number of hydrogen-bond acceptors (Lipinski definition) is 3. The van der Waals surface area contributed by atoms with Crippen molar-refractivity contribution >= 4 is 11.8 Å². The van der Waals surface area contributed by atoms with Crippen molar-refractivity contribution in [1.29, 1.82) is 0 Å². The van der Waals surface area contributed by atoms with Crippen LogP contribution >= 0.6 is 11.8 Å². The highest BCUT2D eigenvalue weighted by Gasteiger charge is 2.20. The van der Waals surface area contributed by atoms with Crippen LogP contribution in [0.25, 0.3) is 0 Å². The number of hydrogen-bond donors (Lipinski definition) is 2. The number of rotatable bonds is 5. The van der Waals surface area contributed by atoms with Gasteiger partial charge in [-0.2, -0.15) is 11.8 Å². The zero-order valence-electron chi connectivity index (χ0n) is 6.12. The summed E-state index contributed by atoms with van der Waals surface area (Å²) in [7, 11) is 0. The third-order valence-electron chi connectivity index (χ3n) is 1.61. The van der Waals surface area contributed by atoms with Crippen LogP contribution < -0.4 is 5.73 Å². The van der Waals surface area contributed by atoms with Crippen molar-refractivity contribution in [3.05, 3.63) is 0 Å². The van der Waals surface area contributed by atoms with Crippen molar-refractivity contribution in [2.24, 2.45) is 11.7 Å². The Balaban J connectivity index is 1.76. The summed E-state index contributed by atoms with van der Waals surface area (Å²) in [4.78, 5) is 0. The van der Waals surface area contributed by atoms with Crippen LogP contribution in [0.1, 0.15) is 19.3 Å². The Morgan fingerprint density at radius 2 is 2.30 bits per heavy atom. The molecule has 1 aliphatic rings. The summed E-state index contributed by atoms with van der Waals surface area (Å²) in [6.45, 7) is 0. The third-order valence-corrected chi connectivity index (χ3v) is 2.84. The minimum Gasteiger partial charge on any atom is -0.379 e. The molecule has 0 unspecified atom stereocenters. The fourth-order valence-corrected chi connectivity index (χ4v) is 1.98. The van der Waals surface area contributed by atoms with Crippen LogP contribution in [0.3, 0.4) is 0 Å². The summed E-state index contributed by atoms with van der Waals surface area (Å²) in [6, 6.07) is 0. The lowest BCUT2D eigenvalue weighted by atomic mass is 10.4. The van der Waals surface area contributed by atoms with Gasteiger partial charge in [0.05, 0.1) is 0 Å². The highest BCUT2D eigenvalue weighted by Crippen LogP contribution is 2.32. The van der Waals surface area contributed by atoms with E-state index in [9.17, 15) is 0 Å². The second-order valence-electron chi connectivity index (χ2n) is 2.87. The Hall–Kier alpha value is 0.270. The molecule has 0 heterocycles. The van der Waals surface area contributed by atoms with Gasteiger partial charge in [-0.15, -0.1) is 0 Å². The molecule has 3 heteroatoms. The lowest BCUT2D eigenvalue weighted by Crippen LogP contribution is -2.19. The lowest BCUT2D eigenvalue weighted by molar-refractivity contribution is 0.179. The van der Waals surface area contributed by atoms with Gasteiger partial charge in [-0.05, 0) is 36.7 Å². The average molecular weight is 161 g/mol. The molecule has 0 aliphatic heterocycles. The summed E-state index contributed by atoms with van der Waals surface area (Å²) >= 11 is 1.91. The largest absolute Gasteiger partial charge is 0.379 e. The van der Waals surface area contributed by atoms with Crippen molar-refractivity contribution in [1.82, 2.24) is 0 Å². The van der Waals surface area contributed by atoms with Gasteiger partial charge in [0.25, 0.3) is 0 Å². The summed E-state index contributed by atoms with van der Waals surface area (Å²) in [6.07, 6.45) is 2.96. The number of thioether (sulfide) groups is 1. The molecule has 1 aliphatic carbocycles. The first-order chi connectivity index (χ1) is 4.79. The molecule has 2 nitrogen and oxygen atoms in total. The van der Waals surface area contributed by atoms with Crippen molar-refractivity contribution in [3.8, 4) is 0 Å². The van der Waals surface area contributed by atoms with Crippen LogP contribution in [0.2, 0.25) is 0 Å². The van der Waals surface area contributed by atoms with Gasteiger partial charge in [0.15, 0.2) is 0 Å². The topological polar surface area (TPSA) is 46.2 Å². The highest BCUT2D eigenvalue weighted by molar-refractivity contribution is 7.99. The smallest absolute Gasteiger partial charge is 0.103 e. The Bertz CT molecular complexity index is 89.6. The second kappa shape index (κ2) is 4.21. The molecule has 0 saturated heterocycles. The molecule has 1 fully saturated rings. The molecule has 1 saturated carbocycles. The minimum absolute atomic E-state index is 0.605. The maximum atomic E-state index is 8.70. The van der Waals surface area contributed by atoms with Gasteiger partial charge in [0, 0.05) is 0 Å². The van der Waals surface area contributed by atoms with Gasteiger partial charge in [-0.3, -0.25) is 0 Å². The number of nitrogens with two attached hydrogens (primary N) is 1. The van der Waals surface area contributed by atoms with E-state index >= 15 is 0 Å². The van der Waals surface area contributed by atoms with Crippen LogP contribution in [0.15, 0.2) is 0 Å². The third kappa shape index (κ3) is 4.14. The molecule has 0 bridgehead atoms. The van der Waals surface area contributed by atoms with Crippen LogP contribution in [-0.2, 0) is 0 Å². The lowest BCUT2D eigenvalue weighted by Gasteiger charge is -2.02. The van der Waals surface area contributed by atoms with E-state index in [2.05, 4.69) is 0 Å². The van der Waals surface area contributed by atoms with E-state index in [0.29, 0.717) is 0 Å². The Labute approximate surface area is 66.2 Å². The summed E-state index contributed by atoms with van der Waals surface area (Å²) < 4.78 is 0. The first-order valence-electron chi connectivity index (χ1n) is 3.80. The van der Waals surface area contributed by atoms with Gasteiger partial charge in [-0.1, -0.05) is 0 Å². The van der Waals surface area contributed by atoms with Gasteiger partial charge < -0.3 is 10.8 Å². The molecule has 0 spiro atoms. The van der Waals surface area contributed by atoms with E-state index in [1.165, 1.54) is 18.6 Å². The standard InChI is InChI=1S/C7H15NOS/c8-7(9)3-4-10-5-6-1-2-6/h6-7,9H,1-5,8H2/t7-/m1/s1. The van der Waals surface area contributed by atoms with Gasteiger partial charge in [0.1, 0.15) is 6.23 Å². The molecule has 0 aromatic carbocycles. The van der Waals surface area contributed by atoms with Gasteiger partial charge >= 0.3 is 0 Å². The maximum absolute atomic E-state index is 8.70. The fraction of sp³-hybridized carbons (Fsp3) is 1.00. The predicted molar refractivity (Wildman–Crippen MR) is 44.9 cm³/mol. The highest BCUT2D eigenvalue weighted by atomic mass is 32.2. The first kappa shape index (κ1) is 8.37. The Morgan fingerprint density at radius 3 is 2.80 bits per heavy atom. The Morgan fingerprint density at radius 1 is 1.60 bits per heavy atom. The second-order valence-corrected chi connectivity index (χ2v) is 4.02. The molecular formula is C7H15NOS. The molecule has 60 valence electrons. The molecule has 10 heavy (non-hydrogen) atoms. The Kier molecular flexibility index (Phi) is 3.52. The SMILES string of the molecule is N[C@H](O)CCSCC1CC1. The fourth-order valence-electron chi connectivity index (χ4n) is 0.739. The summed E-state index contributed by atoms with van der Waals surface area (Å²) in [5.41, 5.74) is 5.17. The van der Waals surface area contributed by atoms with Crippen molar-refractivity contribution in [2.45, 2.75) is 25.5 Å². The van der Waals surface area contributed by atoms with E-state index in [-0.39, 0.29) is 0 Å². The zero-order chi connectivity index (χ0) is 7.40. The number of aliphatic hydroxyl groups excluding tert-OH is 1. The van der Waals surface area contributed by atoms with Crippen molar-refractivity contribution < 1.29 is 5.11 Å². The quantitative estimate of drug-likeness (QED) is 0.463. The first-order valence-corrected chi connectivity index (χ1v) is 4.96. The van der Waals surface area contributed by atoms with Gasteiger partial charge in [0.2, 0.25) is 0 Å². The molecular weight excluding hydrogens is 146 g/mol. The zero-order valence-corrected chi connectivity index (χ0v) is 6.94. The molecule has 0 amide bonds. The summed E-state index contributed by atoms with van der Waals surface area (Å²) in [5.74, 6) is 3.26. The van der Waals surface area contributed by atoms with Crippen LogP contribution in [0.4, 0.5) is 0 Å². The monoisotopic (exact) mass is 161 g/mol. The van der Waals surface area contributed by atoms with Crippen molar-refractivity contribution in [3.63, 3.8) is 0 Å². The molecule has 1 rings (SSSR count). The molecule has 0 aromatic heterocycles. The maximum Gasteiger partial charge on any atom is 0.103 e. The van der Waals surface area contributed by atoms with E-state index in [0.717, 1.165) is 18.1 Å². The van der Waals surface area contributed by atoms with Crippen LogP contribution in [-0.4, -0.2) is 22.8 Å². The van der Waals surface area contributed by atoms with E-state index < -0.39 is 6.23 Å². The minimum atomic E-state index is -0.605. The normalized spacial score (nSPS) is 21.0.